The number of methoxy groups -OCH3 is 2. The zero-order valence-electron chi connectivity index (χ0n) is 18.9. The van der Waals surface area contributed by atoms with E-state index >= 15 is 0 Å². The molecule has 0 aliphatic heterocycles. The quantitative estimate of drug-likeness (QED) is 0.563. The zero-order valence-corrected chi connectivity index (χ0v) is 18.9. The van der Waals surface area contributed by atoms with Crippen molar-refractivity contribution in [1.29, 1.82) is 0 Å². The third-order valence-corrected chi connectivity index (χ3v) is 7.44. The predicted molar refractivity (Wildman–Crippen MR) is 126 cm³/mol. The van der Waals surface area contributed by atoms with E-state index in [4.69, 9.17) is 14.5 Å². The molecule has 0 spiro atoms. The molecule has 0 saturated heterocycles. The fourth-order valence-electron chi connectivity index (χ4n) is 5.81. The number of para-hydroxylation sites is 1. The minimum Gasteiger partial charge on any atom is -0.497 e. The van der Waals surface area contributed by atoms with E-state index in [1.807, 2.05) is 48.5 Å². The van der Waals surface area contributed by atoms with E-state index in [9.17, 15) is 4.79 Å². The number of nitrogens with one attached hydrogen (secondary N) is 1. The molecular formula is C27H30N2O3. The summed E-state index contributed by atoms with van der Waals surface area (Å²) in [6.45, 7) is 2.17. The molecule has 5 nitrogen and oxygen atoms in total. The number of aromatic nitrogens is 1. The lowest BCUT2D eigenvalue weighted by molar-refractivity contribution is 0.0917. The number of amides is 1. The van der Waals surface area contributed by atoms with Crippen molar-refractivity contribution in [2.75, 3.05) is 14.2 Å². The molecule has 1 amide bonds. The number of pyridine rings is 1. The predicted octanol–water partition coefficient (Wildman–Crippen LogP) is 5.47. The zero-order chi connectivity index (χ0) is 22.2. The molecule has 1 N–H and O–H groups in total. The second-order valence-corrected chi connectivity index (χ2v) is 9.24. The van der Waals surface area contributed by atoms with Crippen molar-refractivity contribution in [2.24, 2.45) is 17.8 Å². The first kappa shape index (κ1) is 20.8. The van der Waals surface area contributed by atoms with Crippen molar-refractivity contribution >= 4 is 16.8 Å². The summed E-state index contributed by atoms with van der Waals surface area (Å²) in [5.74, 6) is 3.56. The van der Waals surface area contributed by atoms with Gasteiger partial charge < -0.3 is 14.8 Å². The van der Waals surface area contributed by atoms with Gasteiger partial charge in [-0.25, -0.2) is 4.98 Å². The lowest BCUT2D eigenvalue weighted by Gasteiger charge is -2.28. The van der Waals surface area contributed by atoms with Gasteiger partial charge in [-0.15, -0.1) is 0 Å². The van der Waals surface area contributed by atoms with E-state index in [1.54, 1.807) is 14.2 Å². The van der Waals surface area contributed by atoms with Gasteiger partial charge in [0.1, 0.15) is 11.5 Å². The van der Waals surface area contributed by atoms with Gasteiger partial charge in [-0.1, -0.05) is 24.6 Å². The number of hydrogen-bond donors (Lipinski definition) is 1. The third-order valence-electron chi connectivity index (χ3n) is 7.44. The first-order chi connectivity index (χ1) is 15.6. The summed E-state index contributed by atoms with van der Waals surface area (Å²) in [5, 5.41) is 4.19. The molecule has 2 aliphatic rings. The SMILES string of the molecule is COc1ccc(-c2cc(C(=O)N[C@H](C)[C@H]3C[C@H]4CC[C@H]3C4)c3ccccc3n2)c(OC)c1. The highest BCUT2D eigenvalue weighted by atomic mass is 16.5. The molecule has 32 heavy (non-hydrogen) atoms. The number of nitrogens with zero attached hydrogens (tertiary/aromatic N) is 1. The summed E-state index contributed by atoms with van der Waals surface area (Å²) >= 11 is 0. The Balaban J connectivity index is 1.51. The fraction of sp³-hybridized carbons (Fsp3) is 0.407. The average Bonchev–Trinajstić information content (AvgIpc) is 3.47. The minimum absolute atomic E-state index is 0.0346. The maximum atomic E-state index is 13.5. The number of fused-ring (bicyclic) bond motifs is 3. The smallest absolute Gasteiger partial charge is 0.252 e. The second-order valence-electron chi connectivity index (χ2n) is 9.24. The molecule has 2 aromatic carbocycles. The molecule has 2 saturated carbocycles. The molecule has 4 atom stereocenters. The Morgan fingerprint density at radius 2 is 1.91 bits per heavy atom. The monoisotopic (exact) mass is 430 g/mol. The molecule has 166 valence electrons. The lowest BCUT2D eigenvalue weighted by atomic mass is 9.84. The summed E-state index contributed by atoms with van der Waals surface area (Å²) in [6, 6.07) is 15.5. The van der Waals surface area contributed by atoms with E-state index in [1.165, 1.54) is 25.7 Å². The molecular weight excluding hydrogens is 400 g/mol. The van der Waals surface area contributed by atoms with Crippen LogP contribution in [0.3, 0.4) is 0 Å². The van der Waals surface area contributed by atoms with E-state index in [0.29, 0.717) is 28.7 Å². The Hall–Kier alpha value is -3.08. The number of rotatable bonds is 6. The number of carbonyl (C=O) groups excluding carboxylic acids is 1. The van der Waals surface area contributed by atoms with Gasteiger partial charge in [0.25, 0.3) is 5.91 Å². The van der Waals surface area contributed by atoms with Crippen LogP contribution < -0.4 is 14.8 Å². The van der Waals surface area contributed by atoms with Crippen LogP contribution in [0.25, 0.3) is 22.2 Å². The lowest BCUT2D eigenvalue weighted by Crippen LogP contribution is -2.40. The maximum Gasteiger partial charge on any atom is 0.252 e. The highest BCUT2D eigenvalue weighted by Gasteiger charge is 2.42. The maximum absolute atomic E-state index is 13.5. The summed E-state index contributed by atoms with van der Waals surface area (Å²) < 4.78 is 10.9. The Morgan fingerprint density at radius 3 is 2.62 bits per heavy atom. The van der Waals surface area contributed by atoms with Gasteiger partial charge in [0, 0.05) is 23.1 Å². The minimum atomic E-state index is -0.0346. The normalized spacial score (nSPS) is 22.7. The summed E-state index contributed by atoms with van der Waals surface area (Å²) in [6.07, 6.45) is 5.26. The highest BCUT2D eigenvalue weighted by Crippen LogP contribution is 2.49. The van der Waals surface area contributed by atoms with Crippen molar-refractivity contribution in [3.05, 3.63) is 54.1 Å². The van der Waals surface area contributed by atoms with E-state index in [-0.39, 0.29) is 11.9 Å². The van der Waals surface area contributed by atoms with Crippen molar-refractivity contribution in [3.63, 3.8) is 0 Å². The third kappa shape index (κ3) is 3.70. The fourth-order valence-corrected chi connectivity index (χ4v) is 5.81. The Labute approximate surface area is 189 Å². The molecule has 5 heteroatoms. The van der Waals surface area contributed by atoms with E-state index in [2.05, 4.69) is 12.2 Å². The van der Waals surface area contributed by atoms with Gasteiger partial charge in [0.05, 0.1) is 31.0 Å². The average molecular weight is 431 g/mol. The standard InChI is InChI=1S/C27H30N2O3/c1-16(22-13-17-8-9-18(22)12-17)28-27(30)23-15-25(29-24-7-5-4-6-20(23)24)21-11-10-19(31-2)14-26(21)32-3/h4-7,10-11,14-18,22H,8-9,12-13H2,1-3H3,(H,28,30)/t16-,17+,18+,22-/m1/s1. The van der Waals surface area contributed by atoms with Crippen molar-refractivity contribution in [1.82, 2.24) is 10.3 Å². The number of carbonyl (C=O) groups is 1. The van der Waals surface area contributed by atoms with Gasteiger partial charge in [-0.2, -0.15) is 0 Å². The van der Waals surface area contributed by atoms with Gasteiger partial charge in [0.2, 0.25) is 0 Å². The summed E-state index contributed by atoms with van der Waals surface area (Å²) in [4.78, 5) is 18.3. The van der Waals surface area contributed by atoms with E-state index < -0.39 is 0 Å². The van der Waals surface area contributed by atoms with Crippen LogP contribution in [0.15, 0.2) is 48.5 Å². The molecule has 2 bridgehead atoms. The first-order valence-electron chi connectivity index (χ1n) is 11.5. The molecule has 1 aromatic heterocycles. The molecule has 2 fully saturated rings. The van der Waals surface area contributed by atoms with Crippen LogP contribution in [0.1, 0.15) is 43.0 Å². The van der Waals surface area contributed by atoms with Crippen LogP contribution in [-0.4, -0.2) is 31.2 Å². The van der Waals surface area contributed by atoms with Crippen LogP contribution in [0, 0.1) is 17.8 Å². The number of hydrogen-bond acceptors (Lipinski definition) is 4. The van der Waals surface area contributed by atoms with Crippen molar-refractivity contribution in [2.45, 2.75) is 38.6 Å². The van der Waals surface area contributed by atoms with Crippen LogP contribution in [0.2, 0.25) is 0 Å². The van der Waals surface area contributed by atoms with Crippen LogP contribution in [0.5, 0.6) is 11.5 Å². The number of ether oxygens (including phenoxy) is 2. The van der Waals surface area contributed by atoms with Gasteiger partial charge in [-0.3, -0.25) is 4.79 Å². The molecule has 1 heterocycles. The van der Waals surface area contributed by atoms with Crippen molar-refractivity contribution in [3.8, 4) is 22.8 Å². The van der Waals surface area contributed by atoms with Gasteiger partial charge >= 0.3 is 0 Å². The largest absolute Gasteiger partial charge is 0.497 e. The summed E-state index contributed by atoms with van der Waals surface area (Å²) in [7, 11) is 3.26. The van der Waals surface area contributed by atoms with Gasteiger partial charge in [-0.05, 0) is 68.2 Å². The molecule has 0 radical (unpaired) electrons. The van der Waals surface area contributed by atoms with Crippen molar-refractivity contribution < 1.29 is 14.3 Å². The van der Waals surface area contributed by atoms with Crippen LogP contribution >= 0.6 is 0 Å². The molecule has 3 aromatic rings. The highest BCUT2D eigenvalue weighted by molar-refractivity contribution is 6.07. The van der Waals surface area contributed by atoms with Crippen LogP contribution in [-0.2, 0) is 0 Å². The Bertz CT molecular complexity index is 1160. The first-order valence-corrected chi connectivity index (χ1v) is 11.5. The van der Waals surface area contributed by atoms with Gasteiger partial charge in [0.15, 0.2) is 0 Å². The molecule has 0 unspecified atom stereocenters. The molecule has 2 aliphatic carbocycles. The summed E-state index contributed by atoms with van der Waals surface area (Å²) in [5.41, 5.74) is 2.98. The molecule has 5 rings (SSSR count). The van der Waals surface area contributed by atoms with Crippen LogP contribution in [0.4, 0.5) is 0 Å². The number of benzene rings is 2. The topological polar surface area (TPSA) is 60.5 Å². The van der Waals surface area contributed by atoms with E-state index in [0.717, 1.165) is 28.3 Å². The second kappa shape index (κ2) is 8.45. The Morgan fingerprint density at radius 1 is 1.06 bits per heavy atom. The Kier molecular flexibility index (Phi) is 5.50.